The molecule has 0 spiro atoms. The van der Waals surface area contributed by atoms with Crippen LogP contribution in [0.3, 0.4) is 0 Å². The number of nitrogens with one attached hydrogen (secondary N) is 1. The molecule has 0 aromatic rings. The molecule has 106 valence electrons. The summed E-state index contributed by atoms with van der Waals surface area (Å²) in [6.45, 7) is 6.53. The lowest BCUT2D eigenvalue weighted by atomic mass is 10.2. The standard InChI is InChI=1S/C13H22N4O2/c1-3-5-16-8-11(7-13(16)19)14-12(18)9-17-6-4-10(2)15-17/h11H,3-9H2,1-2H3,(H,14,18)/t11-/m0/s1. The maximum atomic E-state index is 11.9. The molecule has 6 heteroatoms. The molecule has 19 heavy (non-hydrogen) atoms. The van der Waals surface area contributed by atoms with Crippen LogP contribution in [0.4, 0.5) is 0 Å². The quantitative estimate of drug-likeness (QED) is 0.773. The van der Waals surface area contributed by atoms with E-state index in [2.05, 4.69) is 10.4 Å². The summed E-state index contributed by atoms with van der Waals surface area (Å²) in [6.07, 6.45) is 2.31. The topological polar surface area (TPSA) is 65.0 Å². The van der Waals surface area contributed by atoms with Gasteiger partial charge >= 0.3 is 0 Å². The number of carbonyl (C=O) groups is 2. The molecule has 2 aliphatic rings. The van der Waals surface area contributed by atoms with Crippen LogP contribution in [0, 0.1) is 0 Å². The number of carbonyl (C=O) groups excluding carboxylic acids is 2. The summed E-state index contributed by atoms with van der Waals surface area (Å²) in [5.74, 6) is 0.0942. The molecule has 0 radical (unpaired) electrons. The van der Waals surface area contributed by atoms with Gasteiger partial charge in [-0.3, -0.25) is 14.6 Å². The molecule has 2 aliphatic heterocycles. The number of hydrogen-bond donors (Lipinski definition) is 1. The fourth-order valence-corrected chi connectivity index (χ4v) is 2.54. The van der Waals surface area contributed by atoms with Gasteiger partial charge in [-0.2, -0.15) is 5.10 Å². The molecule has 0 aliphatic carbocycles. The van der Waals surface area contributed by atoms with Crippen LogP contribution in [0.1, 0.15) is 33.1 Å². The number of nitrogens with zero attached hydrogens (tertiary/aromatic N) is 3. The van der Waals surface area contributed by atoms with E-state index in [0.717, 1.165) is 31.6 Å². The molecule has 0 aromatic heterocycles. The Hall–Kier alpha value is -1.59. The number of hydrazone groups is 1. The molecule has 1 fully saturated rings. The summed E-state index contributed by atoms with van der Waals surface area (Å²) in [6, 6.07) is -0.0424. The van der Waals surface area contributed by atoms with Gasteiger partial charge in [0.15, 0.2) is 0 Å². The normalized spacial score (nSPS) is 22.9. The zero-order chi connectivity index (χ0) is 13.8. The molecule has 2 rings (SSSR count). The SMILES string of the molecule is CCCN1C[C@@H](NC(=O)CN2CCC(C)=N2)CC1=O. The Balaban J connectivity index is 1.76. The third-order valence-corrected chi connectivity index (χ3v) is 3.44. The molecule has 2 heterocycles. The predicted molar refractivity (Wildman–Crippen MR) is 72.7 cm³/mol. The Bertz CT molecular complexity index is 394. The molecule has 1 atom stereocenters. The fraction of sp³-hybridized carbons (Fsp3) is 0.769. The van der Waals surface area contributed by atoms with Crippen molar-refractivity contribution in [3.63, 3.8) is 0 Å². The van der Waals surface area contributed by atoms with E-state index in [1.165, 1.54) is 0 Å². The van der Waals surface area contributed by atoms with Crippen molar-refractivity contribution < 1.29 is 9.59 Å². The van der Waals surface area contributed by atoms with E-state index >= 15 is 0 Å². The monoisotopic (exact) mass is 266 g/mol. The van der Waals surface area contributed by atoms with E-state index in [9.17, 15) is 9.59 Å². The second kappa shape index (κ2) is 6.04. The fourth-order valence-electron chi connectivity index (χ4n) is 2.54. The summed E-state index contributed by atoms with van der Waals surface area (Å²) < 4.78 is 0. The Morgan fingerprint density at radius 1 is 1.53 bits per heavy atom. The first-order chi connectivity index (χ1) is 9.08. The lowest BCUT2D eigenvalue weighted by Crippen LogP contribution is -2.41. The van der Waals surface area contributed by atoms with Crippen LogP contribution in [0.2, 0.25) is 0 Å². The van der Waals surface area contributed by atoms with Crippen molar-refractivity contribution in [3.8, 4) is 0 Å². The van der Waals surface area contributed by atoms with E-state index in [4.69, 9.17) is 0 Å². The van der Waals surface area contributed by atoms with Gasteiger partial charge in [0.1, 0.15) is 6.54 Å². The molecule has 1 saturated heterocycles. The predicted octanol–water partition coefficient (Wildman–Crippen LogP) is 0.195. The van der Waals surface area contributed by atoms with Gasteiger partial charge in [0.05, 0.1) is 6.04 Å². The van der Waals surface area contributed by atoms with Gasteiger partial charge in [-0.05, 0) is 13.3 Å². The first-order valence-corrected chi connectivity index (χ1v) is 6.94. The number of rotatable bonds is 5. The highest BCUT2D eigenvalue weighted by atomic mass is 16.2. The molecular weight excluding hydrogens is 244 g/mol. The second-order valence-electron chi connectivity index (χ2n) is 5.28. The highest BCUT2D eigenvalue weighted by Gasteiger charge is 2.30. The van der Waals surface area contributed by atoms with Crippen molar-refractivity contribution in [3.05, 3.63) is 0 Å². The lowest BCUT2D eigenvalue weighted by molar-refractivity contribution is -0.127. The largest absolute Gasteiger partial charge is 0.349 e. The first-order valence-electron chi connectivity index (χ1n) is 6.94. The molecule has 6 nitrogen and oxygen atoms in total. The van der Waals surface area contributed by atoms with E-state index in [0.29, 0.717) is 13.0 Å². The molecule has 0 saturated carbocycles. The zero-order valence-electron chi connectivity index (χ0n) is 11.7. The maximum Gasteiger partial charge on any atom is 0.241 e. The zero-order valence-corrected chi connectivity index (χ0v) is 11.7. The highest BCUT2D eigenvalue weighted by Crippen LogP contribution is 2.11. The molecule has 2 amide bonds. The van der Waals surface area contributed by atoms with E-state index in [-0.39, 0.29) is 24.4 Å². The Morgan fingerprint density at radius 2 is 2.32 bits per heavy atom. The minimum Gasteiger partial charge on any atom is -0.349 e. The van der Waals surface area contributed by atoms with Crippen LogP contribution in [-0.2, 0) is 9.59 Å². The average molecular weight is 266 g/mol. The molecule has 0 aromatic carbocycles. The molecule has 0 unspecified atom stereocenters. The molecule has 0 bridgehead atoms. The second-order valence-corrected chi connectivity index (χ2v) is 5.28. The van der Waals surface area contributed by atoms with Crippen LogP contribution in [0.15, 0.2) is 5.10 Å². The van der Waals surface area contributed by atoms with Gasteiger partial charge in [-0.25, -0.2) is 0 Å². The van der Waals surface area contributed by atoms with Crippen molar-refractivity contribution in [1.29, 1.82) is 0 Å². The molecule has 1 N–H and O–H groups in total. The van der Waals surface area contributed by atoms with Crippen LogP contribution < -0.4 is 5.32 Å². The van der Waals surface area contributed by atoms with Gasteiger partial charge < -0.3 is 10.2 Å². The Labute approximate surface area is 113 Å². The van der Waals surface area contributed by atoms with Crippen LogP contribution in [0.5, 0.6) is 0 Å². The van der Waals surface area contributed by atoms with Gasteiger partial charge in [-0.15, -0.1) is 0 Å². The summed E-state index contributed by atoms with van der Waals surface area (Å²) in [5.41, 5.74) is 1.07. The number of hydrogen-bond acceptors (Lipinski definition) is 4. The summed E-state index contributed by atoms with van der Waals surface area (Å²) >= 11 is 0. The van der Waals surface area contributed by atoms with Crippen LogP contribution in [0.25, 0.3) is 0 Å². The van der Waals surface area contributed by atoms with Gasteiger partial charge in [0.25, 0.3) is 0 Å². The summed E-state index contributed by atoms with van der Waals surface area (Å²) in [4.78, 5) is 25.4. The van der Waals surface area contributed by atoms with Gasteiger partial charge in [-0.1, -0.05) is 6.92 Å². The third-order valence-electron chi connectivity index (χ3n) is 3.44. The van der Waals surface area contributed by atoms with E-state index in [1.807, 2.05) is 18.7 Å². The molecular formula is C13H22N4O2. The minimum atomic E-state index is -0.0467. The van der Waals surface area contributed by atoms with E-state index < -0.39 is 0 Å². The summed E-state index contributed by atoms with van der Waals surface area (Å²) in [5, 5.41) is 8.98. The van der Waals surface area contributed by atoms with Crippen LogP contribution >= 0.6 is 0 Å². The summed E-state index contributed by atoms with van der Waals surface area (Å²) in [7, 11) is 0. The van der Waals surface area contributed by atoms with Crippen LogP contribution in [-0.4, -0.2) is 59.7 Å². The minimum absolute atomic E-state index is 0.0424. The average Bonchev–Trinajstić information content (AvgIpc) is 2.87. The Morgan fingerprint density at radius 3 is 2.95 bits per heavy atom. The lowest BCUT2D eigenvalue weighted by Gasteiger charge is -2.17. The van der Waals surface area contributed by atoms with Crippen molar-refractivity contribution in [1.82, 2.24) is 15.2 Å². The maximum absolute atomic E-state index is 11.9. The van der Waals surface area contributed by atoms with Crippen molar-refractivity contribution in [2.45, 2.75) is 39.2 Å². The van der Waals surface area contributed by atoms with Gasteiger partial charge in [0, 0.05) is 38.2 Å². The highest BCUT2D eigenvalue weighted by molar-refractivity contribution is 5.85. The van der Waals surface area contributed by atoms with Gasteiger partial charge in [0.2, 0.25) is 11.8 Å². The van der Waals surface area contributed by atoms with E-state index in [1.54, 1.807) is 5.01 Å². The number of amides is 2. The Kier molecular flexibility index (Phi) is 4.39. The number of likely N-dealkylation sites (tertiary alicyclic amines) is 1. The first kappa shape index (κ1) is 13.8. The smallest absolute Gasteiger partial charge is 0.241 e. The third kappa shape index (κ3) is 3.68. The van der Waals surface area contributed by atoms with Crippen molar-refractivity contribution in [2.75, 3.05) is 26.2 Å². The van der Waals surface area contributed by atoms with Crippen molar-refractivity contribution in [2.24, 2.45) is 5.10 Å². The van der Waals surface area contributed by atoms with Crippen molar-refractivity contribution >= 4 is 17.5 Å².